The molecule has 2 rings (SSSR count). The molecule has 166 valence electrons. The monoisotopic (exact) mass is 531 g/mol. The van der Waals surface area contributed by atoms with Crippen LogP contribution in [0.5, 0.6) is 0 Å². The van der Waals surface area contributed by atoms with Crippen LogP contribution in [0.1, 0.15) is 13.3 Å². The lowest BCUT2D eigenvalue weighted by Crippen LogP contribution is -2.55. The molecule has 0 saturated carbocycles. The predicted octanol–water partition coefficient (Wildman–Crippen LogP) is 1.54. The van der Waals surface area contributed by atoms with Gasteiger partial charge in [-0.3, -0.25) is 19.4 Å². The number of hydrogen-bond acceptors (Lipinski definition) is 4. The van der Waals surface area contributed by atoms with E-state index in [1.807, 2.05) is 11.8 Å². The van der Waals surface area contributed by atoms with E-state index in [1.165, 1.54) is 11.9 Å². The van der Waals surface area contributed by atoms with Crippen molar-refractivity contribution < 1.29 is 18.0 Å². The van der Waals surface area contributed by atoms with Crippen molar-refractivity contribution in [2.75, 3.05) is 57.8 Å². The number of aliphatic imine (C=N–C) groups is 1. The highest BCUT2D eigenvalue weighted by Gasteiger charge is 2.29. The maximum atomic E-state index is 12.5. The van der Waals surface area contributed by atoms with Crippen LogP contribution in [0.3, 0.4) is 0 Å². The molecule has 0 spiro atoms. The van der Waals surface area contributed by atoms with E-state index in [-0.39, 0.29) is 36.4 Å². The highest BCUT2D eigenvalue weighted by molar-refractivity contribution is 14.0. The van der Waals surface area contributed by atoms with E-state index >= 15 is 0 Å². The maximum absolute atomic E-state index is 12.5. The summed E-state index contributed by atoms with van der Waals surface area (Å²) in [5, 5.41) is 7.25. The SMILES string of the molecule is CCNC(=NCCCN(C)CC(F)(F)F)N1CCN(c2cnn(C)c2)C(=O)C1.I. The van der Waals surface area contributed by atoms with Crippen molar-refractivity contribution in [1.82, 2.24) is 24.9 Å². The molecule has 2 heterocycles. The van der Waals surface area contributed by atoms with Crippen molar-refractivity contribution in [2.45, 2.75) is 19.5 Å². The van der Waals surface area contributed by atoms with E-state index in [0.717, 1.165) is 5.69 Å². The molecule has 1 aliphatic heterocycles. The number of guanidine groups is 1. The number of amides is 1. The highest BCUT2D eigenvalue weighted by Crippen LogP contribution is 2.17. The number of alkyl halides is 3. The van der Waals surface area contributed by atoms with Gasteiger partial charge in [0.15, 0.2) is 5.96 Å². The van der Waals surface area contributed by atoms with Crippen molar-refractivity contribution in [3.05, 3.63) is 12.4 Å². The van der Waals surface area contributed by atoms with Crippen LogP contribution in [0, 0.1) is 0 Å². The number of anilines is 1. The Balaban J connectivity index is 0.00000420. The molecule has 0 aliphatic carbocycles. The predicted molar refractivity (Wildman–Crippen MR) is 117 cm³/mol. The Morgan fingerprint density at radius 3 is 2.66 bits per heavy atom. The van der Waals surface area contributed by atoms with Crippen LogP contribution in [0.4, 0.5) is 18.9 Å². The van der Waals surface area contributed by atoms with Crippen molar-refractivity contribution in [2.24, 2.45) is 12.0 Å². The van der Waals surface area contributed by atoms with E-state index in [1.54, 1.807) is 29.0 Å². The molecule has 0 bridgehead atoms. The fourth-order valence-corrected chi connectivity index (χ4v) is 3.01. The maximum Gasteiger partial charge on any atom is 0.401 e. The van der Waals surface area contributed by atoms with Crippen LogP contribution in [0.25, 0.3) is 0 Å². The van der Waals surface area contributed by atoms with Gasteiger partial charge in [-0.15, -0.1) is 24.0 Å². The quantitative estimate of drug-likeness (QED) is 0.250. The average molecular weight is 531 g/mol. The lowest BCUT2D eigenvalue weighted by atomic mass is 10.3. The number of piperazine rings is 1. The summed E-state index contributed by atoms with van der Waals surface area (Å²) in [5.41, 5.74) is 0.766. The Bertz CT molecular complexity index is 680. The third-order valence-corrected chi connectivity index (χ3v) is 4.27. The van der Waals surface area contributed by atoms with Crippen molar-refractivity contribution >= 4 is 41.5 Å². The molecule has 0 atom stereocenters. The van der Waals surface area contributed by atoms with Gasteiger partial charge in [0.1, 0.15) is 6.54 Å². The third-order valence-electron chi connectivity index (χ3n) is 4.27. The van der Waals surface area contributed by atoms with E-state index in [0.29, 0.717) is 45.1 Å². The first kappa shape index (κ1) is 25.5. The summed E-state index contributed by atoms with van der Waals surface area (Å²) >= 11 is 0. The summed E-state index contributed by atoms with van der Waals surface area (Å²) in [6, 6.07) is 0. The van der Waals surface area contributed by atoms with Gasteiger partial charge < -0.3 is 15.1 Å². The fraction of sp³-hybridized carbons (Fsp3) is 0.706. The first-order valence-corrected chi connectivity index (χ1v) is 9.27. The Kier molecular flexibility index (Phi) is 10.2. The summed E-state index contributed by atoms with van der Waals surface area (Å²) in [6.45, 7) is 3.65. The highest BCUT2D eigenvalue weighted by atomic mass is 127. The minimum Gasteiger partial charge on any atom is -0.357 e. The number of nitrogens with zero attached hydrogens (tertiary/aromatic N) is 6. The average Bonchev–Trinajstić information content (AvgIpc) is 3.02. The summed E-state index contributed by atoms with van der Waals surface area (Å²) < 4.78 is 38.7. The van der Waals surface area contributed by atoms with Crippen LogP contribution in [0.2, 0.25) is 0 Å². The second kappa shape index (κ2) is 11.6. The van der Waals surface area contributed by atoms with Gasteiger partial charge in [0.05, 0.1) is 18.4 Å². The first-order chi connectivity index (χ1) is 13.2. The molecule has 1 aromatic heterocycles. The summed E-state index contributed by atoms with van der Waals surface area (Å²) in [6.07, 6.45) is -0.235. The molecule has 0 unspecified atom stereocenters. The van der Waals surface area contributed by atoms with Gasteiger partial charge in [0.2, 0.25) is 5.91 Å². The molecule has 1 N–H and O–H groups in total. The normalized spacial score (nSPS) is 15.7. The number of carbonyl (C=O) groups excluding carboxylic acids is 1. The number of nitrogens with one attached hydrogen (secondary N) is 1. The number of aryl methyl sites for hydroxylation is 1. The van der Waals surface area contributed by atoms with Crippen molar-refractivity contribution in [3.8, 4) is 0 Å². The Hall–Kier alpha value is -1.57. The number of halogens is 4. The van der Waals surface area contributed by atoms with Gasteiger partial charge in [0.25, 0.3) is 0 Å². The molecule has 1 saturated heterocycles. The molecule has 8 nitrogen and oxygen atoms in total. The molecule has 0 aromatic carbocycles. The minimum absolute atomic E-state index is 0. The van der Waals surface area contributed by atoms with Crippen LogP contribution < -0.4 is 10.2 Å². The summed E-state index contributed by atoms with van der Waals surface area (Å²) in [5.74, 6) is 0.565. The van der Waals surface area contributed by atoms with E-state index in [9.17, 15) is 18.0 Å². The molecular formula is C17H29F3IN7O. The second-order valence-corrected chi connectivity index (χ2v) is 6.78. The summed E-state index contributed by atoms with van der Waals surface area (Å²) in [7, 11) is 3.24. The van der Waals surface area contributed by atoms with Crippen LogP contribution >= 0.6 is 24.0 Å². The molecule has 1 fully saturated rings. The van der Waals surface area contributed by atoms with E-state index in [2.05, 4.69) is 15.4 Å². The number of carbonyl (C=O) groups is 1. The molecule has 1 aliphatic rings. The lowest BCUT2D eigenvalue weighted by molar-refractivity contribution is -0.143. The van der Waals surface area contributed by atoms with Crippen molar-refractivity contribution in [1.29, 1.82) is 0 Å². The molecule has 12 heteroatoms. The molecule has 0 radical (unpaired) electrons. The minimum atomic E-state index is -4.19. The van der Waals surface area contributed by atoms with Gasteiger partial charge in [-0.25, -0.2) is 0 Å². The van der Waals surface area contributed by atoms with Crippen LogP contribution in [-0.2, 0) is 11.8 Å². The van der Waals surface area contributed by atoms with Gasteiger partial charge in [-0.2, -0.15) is 18.3 Å². The lowest BCUT2D eigenvalue weighted by Gasteiger charge is -2.35. The van der Waals surface area contributed by atoms with Crippen LogP contribution in [-0.4, -0.2) is 90.5 Å². The zero-order chi connectivity index (χ0) is 20.7. The number of aromatic nitrogens is 2. The zero-order valence-electron chi connectivity index (χ0n) is 16.9. The Labute approximate surface area is 186 Å². The zero-order valence-corrected chi connectivity index (χ0v) is 19.3. The first-order valence-electron chi connectivity index (χ1n) is 9.27. The van der Waals surface area contributed by atoms with E-state index in [4.69, 9.17) is 0 Å². The topological polar surface area (TPSA) is 69.0 Å². The molecular weight excluding hydrogens is 502 g/mol. The van der Waals surface area contributed by atoms with Gasteiger partial charge >= 0.3 is 6.18 Å². The summed E-state index contributed by atoms with van der Waals surface area (Å²) in [4.78, 5) is 21.8. The molecule has 29 heavy (non-hydrogen) atoms. The number of hydrogen-bond donors (Lipinski definition) is 1. The Morgan fingerprint density at radius 1 is 1.38 bits per heavy atom. The standard InChI is InChI=1S/C17H28F3N7O.HI/c1-4-21-16(22-6-5-7-24(2)13-17(18,19)20)26-8-9-27(15(28)12-26)14-10-23-25(3)11-14;/h10-11H,4-9,12-13H2,1-3H3,(H,21,22);1H. The molecule has 1 aromatic rings. The smallest absolute Gasteiger partial charge is 0.357 e. The van der Waals surface area contributed by atoms with Crippen LogP contribution in [0.15, 0.2) is 17.4 Å². The fourth-order valence-electron chi connectivity index (χ4n) is 3.01. The van der Waals surface area contributed by atoms with Gasteiger partial charge in [-0.05, 0) is 26.9 Å². The Morgan fingerprint density at radius 2 is 2.10 bits per heavy atom. The van der Waals surface area contributed by atoms with E-state index < -0.39 is 12.7 Å². The van der Waals surface area contributed by atoms with Gasteiger partial charge in [0, 0.05) is 39.4 Å². The molecule has 1 amide bonds. The van der Waals surface area contributed by atoms with Crippen molar-refractivity contribution in [3.63, 3.8) is 0 Å². The number of rotatable bonds is 7. The largest absolute Gasteiger partial charge is 0.401 e. The third kappa shape index (κ3) is 8.36. The second-order valence-electron chi connectivity index (χ2n) is 6.78. The van der Waals surface area contributed by atoms with Gasteiger partial charge in [-0.1, -0.05) is 0 Å².